The van der Waals surface area contributed by atoms with Crippen LogP contribution < -0.4 is 5.73 Å². The number of hydrogen-bond donors (Lipinski definition) is 1. The Kier molecular flexibility index (Phi) is 3.68. The maximum atomic E-state index is 13.0. The number of anilines is 1. The highest BCUT2D eigenvalue weighted by Crippen LogP contribution is 2.30. The van der Waals surface area contributed by atoms with E-state index in [1.54, 1.807) is 0 Å². The minimum atomic E-state index is -0.182. The molecule has 0 saturated heterocycles. The van der Waals surface area contributed by atoms with Crippen LogP contribution in [0.15, 0.2) is 30.3 Å². The van der Waals surface area contributed by atoms with Gasteiger partial charge >= 0.3 is 0 Å². The van der Waals surface area contributed by atoms with E-state index < -0.39 is 0 Å². The first-order valence-corrected chi connectivity index (χ1v) is 7.39. The van der Waals surface area contributed by atoms with Gasteiger partial charge in [0.1, 0.15) is 5.82 Å². The third kappa shape index (κ3) is 2.79. The van der Waals surface area contributed by atoms with Gasteiger partial charge in [0, 0.05) is 25.3 Å². The summed E-state index contributed by atoms with van der Waals surface area (Å²) in [6.45, 7) is 6.98. The predicted octanol–water partition coefficient (Wildman–Crippen LogP) is 3.58. The van der Waals surface area contributed by atoms with E-state index in [4.69, 9.17) is 5.73 Å². The number of aryl methyl sites for hydroxylation is 2. The van der Waals surface area contributed by atoms with Gasteiger partial charge in [0.25, 0.3) is 0 Å². The lowest BCUT2D eigenvalue weighted by Crippen LogP contribution is -2.31. The number of nitrogens with zero attached hydrogens (tertiary/aromatic N) is 1. The minimum Gasteiger partial charge on any atom is -0.398 e. The maximum Gasteiger partial charge on any atom is 0.123 e. The van der Waals surface area contributed by atoms with Crippen LogP contribution in [0.25, 0.3) is 0 Å². The van der Waals surface area contributed by atoms with Crippen molar-refractivity contribution in [2.75, 3.05) is 12.3 Å². The summed E-state index contributed by atoms with van der Waals surface area (Å²) in [5.41, 5.74) is 13.5. The van der Waals surface area contributed by atoms with Crippen LogP contribution in [0.5, 0.6) is 0 Å². The van der Waals surface area contributed by atoms with Crippen LogP contribution in [0.3, 0.4) is 0 Å². The van der Waals surface area contributed by atoms with Crippen LogP contribution in [-0.4, -0.2) is 11.4 Å². The fourth-order valence-electron chi connectivity index (χ4n) is 3.21. The van der Waals surface area contributed by atoms with E-state index >= 15 is 0 Å². The van der Waals surface area contributed by atoms with Crippen molar-refractivity contribution in [3.05, 3.63) is 64.0 Å². The predicted molar refractivity (Wildman–Crippen MR) is 84.5 cm³/mol. The number of rotatable bonds is 2. The third-order valence-corrected chi connectivity index (χ3v) is 4.40. The Hall–Kier alpha value is -1.87. The van der Waals surface area contributed by atoms with E-state index in [0.717, 1.165) is 42.9 Å². The van der Waals surface area contributed by atoms with E-state index in [0.29, 0.717) is 0 Å². The van der Waals surface area contributed by atoms with E-state index in [-0.39, 0.29) is 5.82 Å². The molecule has 2 aromatic carbocycles. The number of fused-ring (bicyclic) bond motifs is 1. The topological polar surface area (TPSA) is 29.3 Å². The van der Waals surface area contributed by atoms with Gasteiger partial charge in [0.05, 0.1) is 0 Å². The van der Waals surface area contributed by atoms with Gasteiger partial charge in [-0.15, -0.1) is 0 Å². The maximum absolute atomic E-state index is 13.0. The molecule has 110 valence electrons. The summed E-state index contributed by atoms with van der Waals surface area (Å²) in [6, 6.07) is 8.95. The van der Waals surface area contributed by atoms with Crippen molar-refractivity contribution in [1.29, 1.82) is 0 Å². The second kappa shape index (κ2) is 5.49. The highest BCUT2D eigenvalue weighted by molar-refractivity contribution is 5.59. The number of halogens is 1. The monoisotopic (exact) mass is 284 g/mol. The normalized spacial score (nSPS) is 15.0. The van der Waals surface area contributed by atoms with E-state index in [1.165, 1.54) is 28.8 Å². The molecule has 0 aliphatic carbocycles. The fraction of sp³-hybridized carbons (Fsp3) is 0.333. The molecule has 2 N–H and O–H groups in total. The number of nitrogen functional groups attached to an aromatic ring is 1. The van der Waals surface area contributed by atoms with Crippen molar-refractivity contribution in [3.8, 4) is 0 Å². The lowest BCUT2D eigenvalue weighted by molar-refractivity contribution is 0.245. The van der Waals surface area contributed by atoms with Gasteiger partial charge in [-0.05, 0) is 60.2 Å². The van der Waals surface area contributed by atoms with Crippen LogP contribution in [-0.2, 0) is 19.5 Å². The number of benzene rings is 2. The van der Waals surface area contributed by atoms with Gasteiger partial charge in [0.2, 0.25) is 0 Å². The van der Waals surface area contributed by atoms with Crippen molar-refractivity contribution in [2.45, 2.75) is 33.4 Å². The summed E-state index contributed by atoms with van der Waals surface area (Å²) >= 11 is 0. The molecule has 0 radical (unpaired) electrons. The molecule has 0 amide bonds. The Balaban J connectivity index is 1.82. The molecule has 0 bridgehead atoms. The number of hydrogen-bond acceptors (Lipinski definition) is 2. The molecule has 0 saturated carbocycles. The molecule has 2 nitrogen and oxygen atoms in total. The van der Waals surface area contributed by atoms with Gasteiger partial charge in [-0.3, -0.25) is 4.90 Å². The Bertz CT molecular complexity index is 662. The first-order chi connectivity index (χ1) is 10.0. The number of nitrogens with two attached hydrogens (primary N) is 1. The molecule has 1 aliphatic rings. The summed E-state index contributed by atoms with van der Waals surface area (Å²) in [5, 5.41) is 0. The second-order valence-corrected chi connectivity index (χ2v) is 5.97. The molecule has 0 unspecified atom stereocenters. The highest BCUT2D eigenvalue weighted by atomic mass is 19.1. The van der Waals surface area contributed by atoms with Gasteiger partial charge in [-0.2, -0.15) is 0 Å². The molecule has 0 atom stereocenters. The zero-order valence-corrected chi connectivity index (χ0v) is 12.6. The van der Waals surface area contributed by atoms with Crippen LogP contribution in [0.2, 0.25) is 0 Å². The molecule has 0 fully saturated rings. The zero-order chi connectivity index (χ0) is 15.0. The second-order valence-electron chi connectivity index (χ2n) is 5.97. The third-order valence-electron chi connectivity index (χ3n) is 4.40. The van der Waals surface area contributed by atoms with Crippen molar-refractivity contribution < 1.29 is 4.39 Å². The Labute approximate surface area is 125 Å². The van der Waals surface area contributed by atoms with Gasteiger partial charge in [-0.25, -0.2) is 4.39 Å². The van der Waals surface area contributed by atoms with E-state index in [1.807, 2.05) is 12.1 Å². The van der Waals surface area contributed by atoms with Crippen LogP contribution in [0, 0.1) is 19.7 Å². The molecular weight excluding hydrogens is 263 g/mol. The van der Waals surface area contributed by atoms with Crippen LogP contribution in [0.4, 0.5) is 10.1 Å². The molecular formula is C18H21FN2. The first-order valence-electron chi connectivity index (χ1n) is 7.39. The molecule has 2 aromatic rings. The summed E-state index contributed by atoms with van der Waals surface area (Å²) in [6.07, 6.45) is 1.03. The lowest BCUT2D eigenvalue weighted by Gasteiger charge is -2.31. The summed E-state index contributed by atoms with van der Waals surface area (Å²) in [7, 11) is 0. The van der Waals surface area contributed by atoms with Gasteiger partial charge in [-0.1, -0.05) is 18.2 Å². The van der Waals surface area contributed by atoms with E-state index in [2.05, 4.69) is 24.8 Å². The lowest BCUT2D eigenvalue weighted by atomic mass is 9.91. The first kappa shape index (κ1) is 14.1. The van der Waals surface area contributed by atoms with Crippen molar-refractivity contribution >= 4 is 5.69 Å². The summed E-state index contributed by atoms with van der Waals surface area (Å²) < 4.78 is 13.0. The van der Waals surface area contributed by atoms with Crippen molar-refractivity contribution in [1.82, 2.24) is 4.90 Å². The van der Waals surface area contributed by atoms with Crippen LogP contribution >= 0.6 is 0 Å². The van der Waals surface area contributed by atoms with Crippen molar-refractivity contribution in [2.24, 2.45) is 0 Å². The Morgan fingerprint density at radius 3 is 2.52 bits per heavy atom. The standard InChI is InChI=1S/C18H21FN2/c1-12-9-13(2)18(20)17-11-21(8-7-16(12)17)10-14-3-5-15(19)6-4-14/h3-6,9H,7-8,10-11,20H2,1-2H3. The quantitative estimate of drug-likeness (QED) is 0.854. The molecule has 21 heavy (non-hydrogen) atoms. The average Bonchev–Trinajstić information content (AvgIpc) is 2.47. The Morgan fingerprint density at radius 1 is 1.10 bits per heavy atom. The highest BCUT2D eigenvalue weighted by Gasteiger charge is 2.21. The smallest absolute Gasteiger partial charge is 0.123 e. The molecule has 3 rings (SSSR count). The largest absolute Gasteiger partial charge is 0.398 e. The van der Waals surface area contributed by atoms with Gasteiger partial charge < -0.3 is 5.73 Å². The summed E-state index contributed by atoms with van der Waals surface area (Å²) in [4.78, 5) is 2.38. The van der Waals surface area contributed by atoms with Gasteiger partial charge in [0.15, 0.2) is 0 Å². The minimum absolute atomic E-state index is 0.182. The van der Waals surface area contributed by atoms with Crippen LogP contribution in [0.1, 0.15) is 27.8 Å². The Morgan fingerprint density at radius 2 is 1.81 bits per heavy atom. The fourth-order valence-corrected chi connectivity index (χ4v) is 3.21. The summed E-state index contributed by atoms with van der Waals surface area (Å²) in [5.74, 6) is -0.182. The molecule has 1 heterocycles. The molecule has 0 aromatic heterocycles. The van der Waals surface area contributed by atoms with Crippen molar-refractivity contribution in [3.63, 3.8) is 0 Å². The molecule has 0 spiro atoms. The molecule has 1 aliphatic heterocycles. The molecule has 3 heteroatoms. The average molecular weight is 284 g/mol. The SMILES string of the molecule is Cc1cc(C)c2c(c1N)CN(Cc1ccc(F)cc1)CC2. The van der Waals surface area contributed by atoms with E-state index in [9.17, 15) is 4.39 Å². The zero-order valence-electron chi connectivity index (χ0n) is 12.6.